The van der Waals surface area contributed by atoms with E-state index in [0.29, 0.717) is 32.5 Å². The highest BCUT2D eigenvalue weighted by atomic mass is 16.5. The summed E-state index contributed by atoms with van der Waals surface area (Å²) in [6, 6.07) is 8.05. The number of anilines is 1. The highest BCUT2D eigenvalue weighted by molar-refractivity contribution is 5.89. The molecule has 0 bridgehead atoms. The number of β-amino-alcohol motifs (C(OH)–C–C–N with tert-alkyl or cyclic N) is 1. The van der Waals surface area contributed by atoms with Gasteiger partial charge in [-0.1, -0.05) is 39.0 Å². The minimum atomic E-state index is -0.660. The van der Waals surface area contributed by atoms with Crippen molar-refractivity contribution in [2.45, 2.75) is 66.1 Å². The molecule has 30 heavy (non-hydrogen) atoms. The molecule has 1 heterocycles. The van der Waals surface area contributed by atoms with Gasteiger partial charge >= 0.3 is 0 Å². The molecule has 0 radical (unpaired) electrons. The molecule has 1 aromatic carbocycles. The molecular weight excluding hydrogens is 380 g/mol. The van der Waals surface area contributed by atoms with E-state index in [1.165, 1.54) is 0 Å². The van der Waals surface area contributed by atoms with Gasteiger partial charge in [0.1, 0.15) is 0 Å². The molecule has 0 spiro atoms. The van der Waals surface area contributed by atoms with Crippen LogP contribution in [-0.2, 0) is 20.7 Å². The van der Waals surface area contributed by atoms with E-state index >= 15 is 0 Å². The number of aliphatic hydroxyl groups excluding tert-OH is 1. The number of hydrogen-bond donors (Lipinski definition) is 1. The molecule has 0 aromatic heterocycles. The van der Waals surface area contributed by atoms with Gasteiger partial charge in [-0.25, -0.2) is 0 Å². The number of hydrogen-bond acceptors (Lipinski definition) is 5. The fraction of sp³-hybridized carbons (Fsp3) is 0.667. The Morgan fingerprint density at radius 3 is 2.33 bits per heavy atom. The van der Waals surface area contributed by atoms with Crippen LogP contribution in [0.25, 0.3) is 0 Å². The number of ether oxygens (including phenoxy) is 1. The van der Waals surface area contributed by atoms with Crippen molar-refractivity contribution in [2.75, 3.05) is 37.7 Å². The summed E-state index contributed by atoms with van der Waals surface area (Å²) in [6.07, 6.45) is 0.315. The van der Waals surface area contributed by atoms with Crippen LogP contribution in [0.3, 0.4) is 0 Å². The van der Waals surface area contributed by atoms with E-state index in [1.54, 1.807) is 4.90 Å². The fourth-order valence-electron chi connectivity index (χ4n) is 3.34. The molecule has 0 aliphatic carbocycles. The molecular formula is C24H38N2O4. The van der Waals surface area contributed by atoms with Crippen molar-refractivity contribution in [3.8, 4) is 0 Å². The second kappa shape index (κ2) is 9.92. The topological polar surface area (TPSA) is 70.1 Å². The van der Waals surface area contributed by atoms with Gasteiger partial charge < -0.3 is 19.6 Å². The second-order valence-electron chi connectivity index (χ2n) is 10.1. The zero-order chi connectivity index (χ0) is 22.5. The molecule has 1 atom stereocenters. The summed E-state index contributed by atoms with van der Waals surface area (Å²) in [7, 11) is 0. The summed E-state index contributed by atoms with van der Waals surface area (Å²) in [4.78, 5) is 29.2. The summed E-state index contributed by atoms with van der Waals surface area (Å²) in [6.45, 7) is 13.3. The van der Waals surface area contributed by atoms with Gasteiger partial charge in [-0.05, 0) is 38.8 Å². The number of aliphatic hydroxyl groups is 1. The van der Waals surface area contributed by atoms with Crippen molar-refractivity contribution in [1.82, 2.24) is 4.90 Å². The normalized spacial score (nSPS) is 17.1. The van der Waals surface area contributed by atoms with Crippen LogP contribution in [0.2, 0.25) is 0 Å². The molecule has 0 saturated heterocycles. The summed E-state index contributed by atoms with van der Waals surface area (Å²) >= 11 is 0. The first-order chi connectivity index (χ1) is 13.9. The van der Waals surface area contributed by atoms with E-state index in [9.17, 15) is 14.7 Å². The minimum absolute atomic E-state index is 0.0224. The highest BCUT2D eigenvalue weighted by Crippen LogP contribution is 2.24. The van der Waals surface area contributed by atoms with Crippen LogP contribution in [-0.4, -0.2) is 66.2 Å². The predicted octanol–water partition coefficient (Wildman–Crippen LogP) is 3.06. The van der Waals surface area contributed by atoms with Gasteiger partial charge in [-0.15, -0.1) is 0 Å². The average Bonchev–Trinajstić information content (AvgIpc) is 2.70. The average molecular weight is 419 g/mol. The zero-order valence-electron chi connectivity index (χ0n) is 19.4. The Balaban J connectivity index is 2.16. The standard InChI is InChI=1S/C24H38N2O4/c1-23(2,3)21(28)16-26-13-11-18-9-7-8-10-20(18)25(14-12-22(26)29)15-19(27)17-30-24(4,5)6/h7-10,19,27H,11-17H2,1-6H3. The number of para-hydroxylation sites is 1. The molecule has 1 unspecified atom stereocenters. The van der Waals surface area contributed by atoms with Crippen LogP contribution in [0.4, 0.5) is 5.69 Å². The molecule has 1 N–H and O–H groups in total. The van der Waals surface area contributed by atoms with Gasteiger partial charge in [-0.2, -0.15) is 0 Å². The first kappa shape index (κ1) is 24.4. The number of nitrogens with zero attached hydrogens (tertiary/aromatic N) is 2. The summed E-state index contributed by atoms with van der Waals surface area (Å²) in [5.74, 6) is 0.0424. The maximum atomic E-state index is 12.9. The third-order valence-electron chi connectivity index (χ3n) is 5.24. The van der Waals surface area contributed by atoms with Gasteiger partial charge in [0, 0.05) is 37.2 Å². The highest BCUT2D eigenvalue weighted by Gasteiger charge is 2.28. The SMILES string of the molecule is CC(C)(C)OCC(O)CN1CCC(=O)N(CC(=O)C(C)(C)C)CCc2ccccc21. The van der Waals surface area contributed by atoms with Crippen molar-refractivity contribution in [3.63, 3.8) is 0 Å². The molecule has 6 nitrogen and oxygen atoms in total. The lowest BCUT2D eigenvalue weighted by molar-refractivity contribution is -0.137. The Morgan fingerprint density at radius 2 is 1.70 bits per heavy atom. The van der Waals surface area contributed by atoms with E-state index in [1.807, 2.05) is 59.7 Å². The molecule has 2 rings (SSSR count). The van der Waals surface area contributed by atoms with Gasteiger partial charge in [0.25, 0.3) is 0 Å². The molecule has 6 heteroatoms. The number of carbonyl (C=O) groups excluding carboxylic acids is 2. The van der Waals surface area contributed by atoms with Crippen LogP contribution in [0.5, 0.6) is 0 Å². The van der Waals surface area contributed by atoms with Gasteiger partial charge in [0.2, 0.25) is 5.91 Å². The van der Waals surface area contributed by atoms with E-state index in [0.717, 1.165) is 11.3 Å². The van der Waals surface area contributed by atoms with Gasteiger partial charge in [0.05, 0.1) is 24.9 Å². The van der Waals surface area contributed by atoms with Gasteiger partial charge in [0.15, 0.2) is 5.78 Å². The molecule has 0 saturated carbocycles. The van der Waals surface area contributed by atoms with Crippen molar-refractivity contribution in [2.24, 2.45) is 5.41 Å². The summed E-state index contributed by atoms with van der Waals surface area (Å²) in [5.41, 5.74) is 1.36. The number of amides is 1. The van der Waals surface area contributed by atoms with E-state index in [4.69, 9.17) is 4.74 Å². The molecule has 0 fully saturated rings. The van der Waals surface area contributed by atoms with Crippen LogP contribution >= 0.6 is 0 Å². The first-order valence-electron chi connectivity index (χ1n) is 10.8. The summed E-state index contributed by atoms with van der Waals surface area (Å²) < 4.78 is 5.73. The molecule has 1 aromatic rings. The predicted molar refractivity (Wildman–Crippen MR) is 120 cm³/mol. The molecule has 168 valence electrons. The van der Waals surface area contributed by atoms with E-state index in [2.05, 4.69) is 11.0 Å². The Kier molecular flexibility index (Phi) is 8.06. The Bertz CT molecular complexity index is 733. The lowest BCUT2D eigenvalue weighted by Gasteiger charge is -2.30. The molecule has 1 aliphatic rings. The number of fused-ring (bicyclic) bond motifs is 1. The maximum Gasteiger partial charge on any atom is 0.224 e. The Morgan fingerprint density at radius 1 is 1.07 bits per heavy atom. The zero-order valence-corrected chi connectivity index (χ0v) is 19.4. The van der Waals surface area contributed by atoms with Crippen LogP contribution in [0, 0.1) is 5.41 Å². The van der Waals surface area contributed by atoms with E-state index in [-0.39, 0.29) is 30.4 Å². The lowest BCUT2D eigenvalue weighted by atomic mass is 9.90. The van der Waals surface area contributed by atoms with E-state index < -0.39 is 11.5 Å². The number of Topliss-reactive ketones (excluding diaryl/α,β-unsaturated/α-hetero) is 1. The smallest absolute Gasteiger partial charge is 0.224 e. The molecule has 1 aliphatic heterocycles. The minimum Gasteiger partial charge on any atom is -0.389 e. The third-order valence-corrected chi connectivity index (χ3v) is 5.24. The lowest BCUT2D eigenvalue weighted by Crippen LogP contribution is -2.42. The van der Waals surface area contributed by atoms with Crippen molar-refractivity contribution in [3.05, 3.63) is 29.8 Å². The number of ketones is 1. The van der Waals surface area contributed by atoms with Crippen molar-refractivity contribution in [1.29, 1.82) is 0 Å². The van der Waals surface area contributed by atoms with Crippen molar-refractivity contribution >= 4 is 17.4 Å². The fourth-order valence-corrected chi connectivity index (χ4v) is 3.34. The molecule has 1 amide bonds. The quantitative estimate of drug-likeness (QED) is 0.769. The number of benzene rings is 1. The number of rotatable bonds is 6. The van der Waals surface area contributed by atoms with Crippen LogP contribution in [0.1, 0.15) is 53.5 Å². The third kappa shape index (κ3) is 7.40. The monoisotopic (exact) mass is 418 g/mol. The second-order valence-corrected chi connectivity index (χ2v) is 10.1. The number of carbonyl (C=O) groups is 2. The first-order valence-corrected chi connectivity index (χ1v) is 10.8. The van der Waals surface area contributed by atoms with Crippen LogP contribution < -0.4 is 4.90 Å². The Labute approximate surface area is 181 Å². The Hall–Kier alpha value is -1.92. The summed E-state index contributed by atoms with van der Waals surface area (Å²) in [5, 5.41) is 10.5. The van der Waals surface area contributed by atoms with Crippen molar-refractivity contribution < 1.29 is 19.4 Å². The van der Waals surface area contributed by atoms with Gasteiger partial charge in [-0.3, -0.25) is 9.59 Å². The maximum absolute atomic E-state index is 12.9. The van der Waals surface area contributed by atoms with Crippen LogP contribution in [0.15, 0.2) is 24.3 Å². The largest absolute Gasteiger partial charge is 0.389 e.